The lowest BCUT2D eigenvalue weighted by Crippen LogP contribution is -3.17. The van der Waals surface area contributed by atoms with Gasteiger partial charge in [-0.05, 0) is 44.2 Å². The van der Waals surface area contributed by atoms with Crippen LogP contribution in [0.5, 0.6) is 0 Å². The van der Waals surface area contributed by atoms with Crippen molar-refractivity contribution in [2.24, 2.45) is 0 Å². The summed E-state index contributed by atoms with van der Waals surface area (Å²) < 4.78 is 0. The molecule has 1 saturated heterocycles. The Morgan fingerprint density at radius 1 is 1.29 bits per heavy atom. The molecular weight excluding hydrogens is 260 g/mol. The molecule has 0 radical (unpaired) electrons. The van der Waals surface area contributed by atoms with Gasteiger partial charge in [-0.25, -0.2) is 0 Å². The van der Waals surface area contributed by atoms with E-state index in [2.05, 4.69) is 38.2 Å². The van der Waals surface area contributed by atoms with Crippen molar-refractivity contribution in [3.63, 3.8) is 0 Å². The number of carbonyl (C=O) groups excluding carboxylic acids is 1. The zero-order valence-corrected chi connectivity index (χ0v) is 13.7. The molecule has 1 aliphatic heterocycles. The largest absolute Gasteiger partial charge is 0.325 e. The molecule has 0 spiro atoms. The molecule has 2 rings (SSSR count). The third kappa shape index (κ3) is 4.07. The van der Waals surface area contributed by atoms with Gasteiger partial charge in [0.25, 0.3) is 5.91 Å². The van der Waals surface area contributed by atoms with Crippen LogP contribution in [-0.4, -0.2) is 25.0 Å². The number of anilines is 1. The van der Waals surface area contributed by atoms with Gasteiger partial charge in [-0.2, -0.15) is 0 Å². The van der Waals surface area contributed by atoms with Crippen molar-refractivity contribution >= 4 is 11.6 Å². The summed E-state index contributed by atoms with van der Waals surface area (Å²) in [4.78, 5) is 14.2. The van der Waals surface area contributed by atoms with Crippen LogP contribution >= 0.6 is 0 Å². The number of para-hydroxylation sites is 1. The van der Waals surface area contributed by atoms with E-state index in [0.717, 1.165) is 36.3 Å². The molecule has 1 aromatic carbocycles. The van der Waals surface area contributed by atoms with Gasteiger partial charge in [0.1, 0.15) is 0 Å². The van der Waals surface area contributed by atoms with Crippen molar-refractivity contribution in [1.29, 1.82) is 0 Å². The number of amides is 1. The Morgan fingerprint density at radius 2 is 2.00 bits per heavy atom. The van der Waals surface area contributed by atoms with Crippen LogP contribution in [0.1, 0.15) is 50.2 Å². The highest BCUT2D eigenvalue weighted by Gasteiger charge is 2.32. The van der Waals surface area contributed by atoms with Gasteiger partial charge in [0.05, 0.1) is 13.1 Å². The van der Waals surface area contributed by atoms with Gasteiger partial charge in [0.2, 0.25) is 0 Å². The number of piperidine rings is 1. The number of quaternary nitrogens is 1. The second-order valence-corrected chi connectivity index (χ2v) is 6.32. The summed E-state index contributed by atoms with van der Waals surface area (Å²) in [5.41, 5.74) is 3.30. The molecule has 0 saturated carbocycles. The zero-order chi connectivity index (χ0) is 15.2. The summed E-state index contributed by atoms with van der Waals surface area (Å²) in [6.07, 6.45) is 5.87. The van der Waals surface area contributed by atoms with Crippen molar-refractivity contribution in [2.45, 2.75) is 58.9 Å². The van der Waals surface area contributed by atoms with Crippen molar-refractivity contribution in [3.05, 3.63) is 29.3 Å². The van der Waals surface area contributed by atoms with E-state index in [1.54, 1.807) is 0 Å². The van der Waals surface area contributed by atoms with E-state index in [4.69, 9.17) is 0 Å². The summed E-state index contributed by atoms with van der Waals surface area (Å²) in [5, 5.41) is 3.19. The van der Waals surface area contributed by atoms with Gasteiger partial charge in [-0.15, -0.1) is 0 Å². The lowest BCUT2D eigenvalue weighted by Gasteiger charge is -2.31. The minimum absolute atomic E-state index is 0.129. The average Bonchev–Trinajstić information content (AvgIpc) is 2.49. The normalized spacial score (nSPS) is 22.0. The average molecular weight is 289 g/mol. The van der Waals surface area contributed by atoms with E-state index < -0.39 is 0 Å². The standard InChI is InChI=1S/C18H28N2O/c1-4-5-12-20-13-7-6-11-16(20)18(21)19-17-14(2)9-8-10-15(17)3/h8-10,16H,4-7,11-13H2,1-3H3,(H,19,21)/p+1/t16-/m1/s1. The number of benzene rings is 1. The summed E-state index contributed by atoms with van der Waals surface area (Å²) in [6.45, 7) is 8.61. The minimum Gasteiger partial charge on any atom is -0.325 e. The fourth-order valence-electron chi connectivity index (χ4n) is 3.32. The van der Waals surface area contributed by atoms with E-state index in [0.29, 0.717) is 0 Å². The number of hydrogen-bond acceptors (Lipinski definition) is 1. The van der Waals surface area contributed by atoms with Crippen molar-refractivity contribution < 1.29 is 9.69 Å². The van der Waals surface area contributed by atoms with Gasteiger partial charge >= 0.3 is 0 Å². The number of nitrogens with one attached hydrogen (secondary N) is 2. The number of unbranched alkanes of at least 4 members (excludes halogenated alkanes) is 1. The molecule has 1 amide bonds. The fourth-order valence-corrected chi connectivity index (χ4v) is 3.32. The number of likely N-dealkylation sites (tertiary alicyclic amines) is 1. The Bertz CT molecular complexity index is 464. The first kappa shape index (κ1) is 16.0. The first-order valence-electron chi connectivity index (χ1n) is 8.35. The molecule has 1 aliphatic rings. The second kappa shape index (κ2) is 7.60. The van der Waals surface area contributed by atoms with Gasteiger partial charge < -0.3 is 10.2 Å². The van der Waals surface area contributed by atoms with Crippen LogP contribution in [0, 0.1) is 13.8 Å². The molecule has 2 atom stereocenters. The molecule has 0 bridgehead atoms. The van der Waals surface area contributed by atoms with Crippen LogP contribution in [0.15, 0.2) is 18.2 Å². The number of carbonyl (C=O) groups is 1. The highest BCUT2D eigenvalue weighted by atomic mass is 16.2. The Kier molecular flexibility index (Phi) is 5.80. The molecule has 116 valence electrons. The van der Waals surface area contributed by atoms with Crippen LogP contribution in [0.4, 0.5) is 5.69 Å². The Labute approximate surface area is 128 Å². The number of aryl methyl sites for hydroxylation is 2. The number of rotatable bonds is 5. The number of hydrogen-bond donors (Lipinski definition) is 2. The summed E-state index contributed by atoms with van der Waals surface area (Å²) in [7, 11) is 0. The zero-order valence-electron chi connectivity index (χ0n) is 13.7. The topological polar surface area (TPSA) is 33.5 Å². The maximum atomic E-state index is 12.7. The molecule has 1 aromatic rings. The summed E-state index contributed by atoms with van der Waals surface area (Å²) in [5.74, 6) is 0.207. The Hall–Kier alpha value is -1.35. The van der Waals surface area contributed by atoms with E-state index >= 15 is 0 Å². The molecule has 21 heavy (non-hydrogen) atoms. The smallest absolute Gasteiger partial charge is 0.282 e. The van der Waals surface area contributed by atoms with Crippen molar-refractivity contribution in [3.8, 4) is 0 Å². The molecule has 1 unspecified atom stereocenters. The van der Waals surface area contributed by atoms with Gasteiger partial charge in [0, 0.05) is 12.1 Å². The summed E-state index contributed by atoms with van der Waals surface area (Å²) >= 11 is 0. The Morgan fingerprint density at radius 3 is 2.67 bits per heavy atom. The summed E-state index contributed by atoms with van der Waals surface area (Å²) in [6, 6.07) is 6.29. The molecule has 3 nitrogen and oxygen atoms in total. The maximum Gasteiger partial charge on any atom is 0.282 e. The third-order valence-corrected chi connectivity index (χ3v) is 4.63. The third-order valence-electron chi connectivity index (χ3n) is 4.63. The fraction of sp³-hybridized carbons (Fsp3) is 0.611. The van der Waals surface area contributed by atoms with Gasteiger partial charge in [-0.1, -0.05) is 31.5 Å². The van der Waals surface area contributed by atoms with Crippen LogP contribution in [0.2, 0.25) is 0 Å². The van der Waals surface area contributed by atoms with E-state index in [-0.39, 0.29) is 11.9 Å². The molecule has 1 heterocycles. The lowest BCUT2D eigenvalue weighted by molar-refractivity contribution is -0.921. The molecule has 1 fully saturated rings. The molecule has 0 aromatic heterocycles. The van der Waals surface area contributed by atoms with Gasteiger partial charge in [0.15, 0.2) is 6.04 Å². The van der Waals surface area contributed by atoms with Crippen LogP contribution in [-0.2, 0) is 4.79 Å². The molecule has 2 N–H and O–H groups in total. The van der Waals surface area contributed by atoms with Crippen LogP contribution in [0.25, 0.3) is 0 Å². The first-order valence-corrected chi connectivity index (χ1v) is 8.35. The van der Waals surface area contributed by atoms with E-state index in [1.807, 2.05) is 6.07 Å². The first-order chi connectivity index (χ1) is 10.1. The van der Waals surface area contributed by atoms with Crippen LogP contribution < -0.4 is 10.2 Å². The van der Waals surface area contributed by atoms with Gasteiger partial charge in [-0.3, -0.25) is 4.79 Å². The minimum atomic E-state index is 0.129. The molecule has 3 heteroatoms. The van der Waals surface area contributed by atoms with Crippen molar-refractivity contribution in [1.82, 2.24) is 0 Å². The van der Waals surface area contributed by atoms with E-state index in [9.17, 15) is 4.79 Å². The lowest BCUT2D eigenvalue weighted by atomic mass is 10.00. The molecular formula is C18H29N2O+. The maximum absolute atomic E-state index is 12.7. The second-order valence-electron chi connectivity index (χ2n) is 6.32. The SMILES string of the molecule is CCCC[NH+]1CCCC[C@@H]1C(=O)Nc1c(C)cccc1C. The Balaban J connectivity index is 2.07. The van der Waals surface area contributed by atoms with Crippen LogP contribution in [0.3, 0.4) is 0 Å². The van der Waals surface area contributed by atoms with Crippen molar-refractivity contribution in [2.75, 3.05) is 18.4 Å². The quantitative estimate of drug-likeness (QED) is 0.858. The predicted octanol–water partition coefficient (Wildman–Crippen LogP) is 2.48. The highest BCUT2D eigenvalue weighted by Crippen LogP contribution is 2.20. The predicted molar refractivity (Wildman–Crippen MR) is 87.8 cm³/mol. The monoisotopic (exact) mass is 289 g/mol. The van der Waals surface area contributed by atoms with E-state index in [1.165, 1.54) is 30.6 Å². The molecule has 0 aliphatic carbocycles. The highest BCUT2D eigenvalue weighted by molar-refractivity contribution is 5.95.